The molecule has 0 unspecified atom stereocenters. The van der Waals surface area contributed by atoms with Crippen LogP contribution in [0.5, 0.6) is 0 Å². The van der Waals surface area contributed by atoms with Gasteiger partial charge in [0.05, 0.1) is 5.56 Å². The van der Waals surface area contributed by atoms with Gasteiger partial charge in [0, 0.05) is 29.3 Å². The van der Waals surface area contributed by atoms with Crippen molar-refractivity contribution >= 4 is 5.78 Å². The lowest BCUT2D eigenvalue weighted by molar-refractivity contribution is -2.00. The van der Waals surface area contributed by atoms with E-state index in [-0.39, 0.29) is 5.78 Å². The van der Waals surface area contributed by atoms with Crippen LogP contribution in [0.1, 0.15) is 21.5 Å². The number of aryl methyl sites for hydroxylation is 1. The second-order valence-electron chi connectivity index (χ2n) is 6.95. The van der Waals surface area contributed by atoms with Gasteiger partial charge in [0.1, 0.15) is 0 Å². The van der Waals surface area contributed by atoms with Crippen molar-refractivity contribution in [3.05, 3.63) is 120 Å². The summed E-state index contributed by atoms with van der Waals surface area (Å²) in [4.78, 5) is 12.9. The van der Waals surface area contributed by atoms with Crippen LogP contribution in [0.25, 0.3) is 16.9 Å². The van der Waals surface area contributed by atoms with Crippen molar-refractivity contribution < 1.29 is 38.2 Å². The summed E-state index contributed by atoms with van der Waals surface area (Å²) in [6, 6.07) is 31.9. The topological polar surface area (TPSA) is 113 Å². The monoisotopic (exact) mass is 449 g/mol. The van der Waals surface area contributed by atoms with Crippen LogP contribution in [0.4, 0.5) is 0 Å². The minimum absolute atomic E-state index is 0.0241. The second-order valence-corrected chi connectivity index (χ2v) is 7.70. The molecule has 0 N–H and O–H groups in total. The molecule has 0 amide bonds. The standard InChI is InChI=1S/C25H20NO.ClHO4/c1-19-12-15-23(16-13-19)26-18-22(25(27)21-10-6-3-7-11-21)14-17-24(26)20-8-4-2-5-9-20;2-1(3,4)5/h2-18H,1H3;(H,2,3,4,5)/q+1;/p-1. The van der Waals surface area contributed by atoms with Gasteiger partial charge < -0.3 is 0 Å². The molecule has 0 aliphatic rings. The fourth-order valence-corrected chi connectivity index (χ4v) is 3.15. The molecule has 6 nitrogen and oxygen atoms in total. The summed E-state index contributed by atoms with van der Waals surface area (Å²) < 4.78 is 36.1. The quantitative estimate of drug-likeness (QED) is 0.331. The third-order valence-electron chi connectivity index (χ3n) is 4.63. The van der Waals surface area contributed by atoms with Crippen LogP contribution < -0.4 is 23.2 Å². The molecule has 1 aromatic heterocycles. The number of nitrogens with zero attached hydrogens (tertiary/aromatic N) is 1. The maximum absolute atomic E-state index is 12.9. The highest BCUT2D eigenvalue weighted by Crippen LogP contribution is 2.19. The van der Waals surface area contributed by atoms with Gasteiger partial charge in [-0.2, -0.15) is 4.57 Å². The van der Waals surface area contributed by atoms with Gasteiger partial charge >= 0.3 is 0 Å². The van der Waals surface area contributed by atoms with Crippen molar-refractivity contribution in [3.8, 4) is 16.9 Å². The largest absolute Gasteiger partial charge is 0.288 e. The maximum atomic E-state index is 12.9. The molecule has 0 atom stereocenters. The lowest BCUT2D eigenvalue weighted by atomic mass is 10.0. The van der Waals surface area contributed by atoms with Crippen LogP contribution in [0, 0.1) is 17.2 Å². The van der Waals surface area contributed by atoms with Crippen molar-refractivity contribution in [2.24, 2.45) is 0 Å². The third-order valence-corrected chi connectivity index (χ3v) is 4.63. The summed E-state index contributed by atoms with van der Waals surface area (Å²) >= 11 is 0. The number of pyridine rings is 1. The van der Waals surface area contributed by atoms with E-state index in [1.54, 1.807) is 0 Å². The maximum Gasteiger partial charge on any atom is 0.218 e. The molecule has 0 spiro atoms. The van der Waals surface area contributed by atoms with Crippen molar-refractivity contribution in [2.45, 2.75) is 6.92 Å². The molecule has 7 heteroatoms. The molecule has 3 aromatic carbocycles. The van der Waals surface area contributed by atoms with Gasteiger partial charge in [0.2, 0.25) is 11.4 Å². The van der Waals surface area contributed by atoms with Gasteiger partial charge in [0.25, 0.3) is 0 Å². The molecule has 0 radical (unpaired) electrons. The van der Waals surface area contributed by atoms with E-state index >= 15 is 0 Å². The molecule has 0 aliphatic heterocycles. The summed E-state index contributed by atoms with van der Waals surface area (Å²) in [5.74, 6) is 0.0241. The van der Waals surface area contributed by atoms with Gasteiger partial charge in [-0.3, -0.25) is 4.79 Å². The number of carbonyl (C=O) groups excluding carboxylic acids is 1. The fraction of sp³-hybridized carbons (Fsp3) is 0.0400. The van der Waals surface area contributed by atoms with Crippen LogP contribution in [-0.2, 0) is 0 Å². The summed E-state index contributed by atoms with van der Waals surface area (Å²) in [6.45, 7) is 2.07. The molecule has 162 valence electrons. The molecule has 1 heterocycles. The number of halogens is 1. The van der Waals surface area contributed by atoms with Crippen LogP contribution in [0.3, 0.4) is 0 Å². The Morgan fingerprint density at radius 3 is 1.78 bits per heavy atom. The van der Waals surface area contributed by atoms with Crippen molar-refractivity contribution in [1.82, 2.24) is 0 Å². The highest BCUT2D eigenvalue weighted by atomic mass is 35.7. The Labute approximate surface area is 188 Å². The Morgan fingerprint density at radius 2 is 1.22 bits per heavy atom. The first-order valence-corrected chi connectivity index (χ1v) is 10.9. The van der Waals surface area contributed by atoms with Gasteiger partial charge in [-0.05, 0) is 25.1 Å². The summed E-state index contributed by atoms with van der Waals surface area (Å²) in [6.07, 6.45) is 1.93. The van der Waals surface area contributed by atoms with Crippen molar-refractivity contribution in [1.29, 1.82) is 0 Å². The normalized spacial score (nSPS) is 10.8. The SMILES string of the molecule is Cc1ccc(-[n+]2cc(C(=O)c3ccccc3)ccc2-c2ccccc2)cc1.[O-][Cl+3]([O-])([O-])[O-]. The minimum Gasteiger partial charge on any atom is -0.288 e. The lowest BCUT2D eigenvalue weighted by Gasteiger charge is -2.17. The number of ketones is 1. The second kappa shape index (κ2) is 10.3. The van der Waals surface area contributed by atoms with E-state index < -0.39 is 10.2 Å². The van der Waals surface area contributed by atoms with Crippen LogP contribution in [0.2, 0.25) is 0 Å². The van der Waals surface area contributed by atoms with Crippen LogP contribution in [0.15, 0.2) is 103 Å². The molecule has 0 saturated heterocycles. The van der Waals surface area contributed by atoms with Crippen molar-refractivity contribution in [2.75, 3.05) is 0 Å². The third kappa shape index (κ3) is 6.55. The van der Waals surface area contributed by atoms with E-state index in [4.69, 9.17) is 18.6 Å². The first kappa shape index (κ1) is 23.3. The van der Waals surface area contributed by atoms with E-state index in [0.717, 1.165) is 16.9 Å². The van der Waals surface area contributed by atoms with E-state index in [1.807, 2.05) is 66.9 Å². The number of aromatic nitrogens is 1. The number of rotatable bonds is 4. The van der Waals surface area contributed by atoms with Gasteiger partial charge in [-0.15, -0.1) is 10.2 Å². The number of hydrogen-bond donors (Lipinski definition) is 0. The zero-order chi connectivity index (χ0) is 23.1. The molecular weight excluding hydrogens is 430 g/mol. The Hall–Kier alpha value is -3.39. The molecule has 0 aliphatic carbocycles. The molecule has 0 fully saturated rings. The van der Waals surface area contributed by atoms with Crippen molar-refractivity contribution in [3.63, 3.8) is 0 Å². The summed E-state index contributed by atoms with van der Waals surface area (Å²) in [5.41, 5.74) is 5.75. The Kier molecular flexibility index (Phi) is 7.48. The fourth-order valence-electron chi connectivity index (χ4n) is 3.15. The highest BCUT2D eigenvalue weighted by Gasteiger charge is 2.20. The number of carbonyl (C=O) groups is 1. The predicted molar refractivity (Wildman–Crippen MR) is 108 cm³/mol. The van der Waals surface area contributed by atoms with Gasteiger partial charge in [-0.1, -0.05) is 66.2 Å². The Morgan fingerprint density at radius 1 is 0.688 bits per heavy atom. The van der Waals surface area contributed by atoms with Gasteiger partial charge in [-0.25, -0.2) is 18.6 Å². The molecule has 4 rings (SSSR count). The van der Waals surface area contributed by atoms with Crippen LogP contribution in [-0.4, -0.2) is 5.78 Å². The van der Waals surface area contributed by atoms with E-state index in [1.165, 1.54) is 5.56 Å². The molecular formula is C25H20ClNO5. The van der Waals surface area contributed by atoms with Crippen LogP contribution >= 0.6 is 0 Å². The average molecular weight is 450 g/mol. The Balaban J connectivity index is 0.000000523. The highest BCUT2D eigenvalue weighted by molar-refractivity contribution is 6.08. The lowest BCUT2D eigenvalue weighted by Crippen LogP contribution is -2.68. The average Bonchev–Trinajstić information content (AvgIpc) is 2.79. The molecule has 4 aromatic rings. The minimum atomic E-state index is -4.94. The van der Waals surface area contributed by atoms with Gasteiger partial charge in [0.15, 0.2) is 12.0 Å². The molecule has 0 saturated carbocycles. The first-order valence-electron chi connectivity index (χ1n) is 9.62. The zero-order valence-corrected chi connectivity index (χ0v) is 17.9. The molecule has 0 bridgehead atoms. The number of benzene rings is 3. The zero-order valence-electron chi connectivity index (χ0n) is 17.2. The van der Waals surface area contributed by atoms with E-state index in [9.17, 15) is 4.79 Å². The summed E-state index contributed by atoms with van der Waals surface area (Å²) in [7, 11) is -4.94. The Bertz CT molecular complexity index is 1170. The number of hydrogen-bond acceptors (Lipinski definition) is 5. The van der Waals surface area contributed by atoms with E-state index in [0.29, 0.717) is 11.1 Å². The molecule has 32 heavy (non-hydrogen) atoms. The predicted octanol–water partition coefficient (Wildman–Crippen LogP) is 0.414. The summed E-state index contributed by atoms with van der Waals surface area (Å²) in [5, 5.41) is 0. The first-order chi connectivity index (χ1) is 15.2. The van der Waals surface area contributed by atoms with E-state index in [2.05, 4.69) is 47.9 Å². The smallest absolute Gasteiger partial charge is 0.218 e.